The molecule has 0 saturated carbocycles. The van der Waals surface area contributed by atoms with Crippen LogP contribution in [0.3, 0.4) is 0 Å². The predicted molar refractivity (Wildman–Crippen MR) is 162 cm³/mol. The number of nitrogens with one attached hydrogen (secondary N) is 1. The minimum absolute atomic E-state index is 0.781. The van der Waals surface area contributed by atoms with Gasteiger partial charge in [0.05, 0.1) is 16.6 Å². The van der Waals surface area contributed by atoms with Crippen LogP contribution in [0.15, 0.2) is 24.3 Å². The maximum absolute atomic E-state index is 10.0. The number of hydrogen-bond acceptors (Lipinski definition) is 3. The van der Waals surface area contributed by atoms with E-state index in [1.165, 1.54) is 126 Å². The summed E-state index contributed by atoms with van der Waals surface area (Å²) >= 11 is 0. The van der Waals surface area contributed by atoms with E-state index in [2.05, 4.69) is 40.9 Å². The van der Waals surface area contributed by atoms with Crippen molar-refractivity contribution in [1.82, 2.24) is 9.38 Å². The Hall–Kier alpha value is -2.54. The number of nitriles is 1. The van der Waals surface area contributed by atoms with Gasteiger partial charge < -0.3 is 5.32 Å². The zero-order valence-corrected chi connectivity index (χ0v) is 24.0. The van der Waals surface area contributed by atoms with Gasteiger partial charge in [-0.25, -0.2) is 4.98 Å². The summed E-state index contributed by atoms with van der Waals surface area (Å²) < 4.78 is 2.23. The number of benzene rings is 1. The molecule has 1 N–H and O–H groups in total. The lowest BCUT2D eigenvalue weighted by Crippen LogP contribution is -2.16. The van der Waals surface area contributed by atoms with Crippen molar-refractivity contribution in [3.05, 3.63) is 41.0 Å². The lowest BCUT2D eigenvalue weighted by molar-refractivity contribution is 0.530. The molecule has 2 heterocycles. The van der Waals surface area contributed by atoms with E-state index in [-0.39, 0.29) is 0 Å². The van der Waals surface area contributed by atoms with Crippen LogP contribution in [-0.4, -0.2) is 15.9 Å². The minimum atomic E-state index is 0.781. The van der Waals surface area contributed by atoms with Crippen LogP contribution in [0.5, 0.6) is 0 Å². The fourth-order valence-electron chi connectivity index (χ4n) is 6.32. The van der Waals surface area contributed by atoms with Crippen molar-refractivity contribution in [3.63, 3.8) is 0 Å². The van der Waals surface area contributed by atoms with Crippen LogP contribution in [0.4, 0.5) is 5.82 Å². The van der Waals surface area contributed by atoms with Crippen LogP contribution in [0.1, 0.15) is 139 Å². The second-order valence-corrected chi connectivity index (χ2v) is 11.5. The molecule has 206 valence electrons. The average molecular weight is 515 g/mol. The summed E-state index contributed by atoms with van der Waals surface area (Å²) in [7, 11) is 0. The van der Waals surface area contributed by atoms with Crippen LogP contribution in [0.2, 0.25) is 0 Å². The average Bonchev–Trinajstić information content (AvgIpc) is 3.33. The third-order valence-corrected chi connectivity index (χ3v) is 8.50. The van der Waals surface area contributed by atoms with Gasteiger partial charge in [0.25, 0.3) is 0 Å². The number of pyridine rings is 1. The lowest BCUT2D eigenvalue weighted by atomic mass is 9.89. The van der Waals surface area contributed by atoms with Gasteiger partial charge in [0.15, 0.2) is 5.65 Å². The maximum atomic E-state index is 10.0. The first-order valence-electron chi connectivity index (χ1n) is 15.9. The lowest BCUT2D eigenvalue weighted by Gasteiger charge is -2.23. The molecule has 1 aliphatic carbocycles. The van der Waals surface area contributed by atoms with Crippen molar-refractivity contribution in [2.75, 3.05) is 11.9 Å². The van der Waals surface area contributed by atoms with Gasteiger partial charge in [0.2, 0.25) is 0 Å². The van der Waals surface area contributed by atoms with Crippen LogP contribution < -0.4 is 5.32 Å². The highest BCUT2D eigenvalue weighted by Crippen LogP contribution is 2.35. The van der Waals surface area contributed by atoms with E-state index in [9.17, 15) is 5.26 Å². The van der Waals surface area contributed by atoms with Crippen LogP contribution in [0, 0.1) is 11.3 Å². The van der Waals surface area contributed by atoms with Crippen LogP contribution >= 0.6 is 0 Å². The number of aromatic nitrogens is 2. The Morgan fingerprint density at radius 3 is 1.92 bits per heavy atom. The van der Waals surface area contributed by atoms with Gasteiger partial charge in [0.1, 0.15) is 11.9 Å². The zero-order chi connectivity index (χ0) is 26.4. The van der Waals surface area contributed by atoms with E-state index >= 15 is 0 Å². The molecule has 3 aromatic rings. The molecular weight excluding hydrogens is 464 g/mol. The molecule has 4 heteroatoms. The molecule has 38 heavy (non-hydrogen) atoms. The summed E-state index contributed by atoms with van der Waals surface area (Å²) in [5.74, 6) is 1.18. The Morgan fingerprint density at radius 1 is 0.763 bits per heavy atom. The molecular formula is C34H50N4. The molecule has 1 aliphatic rings. The van der Waals surface area contributed by atoms with Gasteiger partial charge in [-0.15, -0.1) is 0 Å². The number of para-hydroxylation sites is 2. The monoisotopic (exact) mass is 514 g/mol. The second-order valence-electron chi connectivity index (χ2n) is 11.5. The number of imidazole rings is 1. The number of nitrogens with zero attached hydrogens (tertiary/aromatic N) is 3. The fourth-order valence-corrected chi connectivity index (χ4v) is 6.32. The van der Waals surface area contributed by atoms with Gasteiger partial charge in [-0.3, -0.25) is 4.40 Å². The van der Waals surface area contributed by atoms with Gasteiger partial charge in [0, 0.05) is 6.54 Å². The molecule has 0 radical (unpaired) electrons. The first-order chi connectivity index (χ1) is 18.8. The normalized spacial score (nSPS) is 13.2. The van der Waals surface area contributed by atoms with Crippen LogP contribution in [-0.2, 0) is 12.8 Å². The van der Waals surface area contributed by atoms with Crippen molar-refractivity contribution in [1.29, 1.82) is 5.26 Å². The minimum Gasteiger partial charge on any atom is -0.371 e. The zero-order valence-electron chi connectivity index (χ0n) is 24.0. The first-order valence-corrected chi connectivity index (χ1v) is 15.9. The summed E-state index contributed by atoms with van der Waals surface area (Å²) in [5.41, 5.74) is 6.25. The Balaban J connectivity index is 1.17. The maximum Gasteiger partial charge on any atom is 0.157 e. The van der Waals surface area contributed by atoms with Gasteiger partial charge in [-0.05, 0) is 55.4 Å². The largest absolute Gasteiger partial charge is 0.371 e. The molecule has 4 nitrogen and oxygen atoms in total. The molecule has 0 saturated heterocycles. The molecule has 0 unspecified atom stereocenters. The molecule has 0 spiro atoms. The topological polar surface area (TPSA) is 53.1 Å². The molecule has 0 atom stereocenters. The third kappa shape index (κ3) is 7.52. The second kappa shape index (κ2) is 15.8. The summed E-state index contributed by atoms with van der Waals surface area (Å²) in [4.78, 5) is 4.88. The Labute approximate surface area is 231 Å². The van der Waals surface area contributed by atoms with E-state index in [1.54, 1.807) is 0 Å². The molecule has 0 amide bonds. The quantitative estimate of drug-likeness (QED) is 0.172. The highest BCUT2D eigenvalue weighted by Gasteiger charge is 2.24. The van der Waals surface area contributed by atoms with Crippen molar-refractivity contribution in [3.8, 4) is 6.07 Å². The Kier molecular flexibility index (Phi) is 11.8. The highest BCUT2D eigenvalue weighted by atomic mass is 15.1. The van der Waals surface area contributed by atoms with Crippen LogP contribution in [0.25, 0.3) is 16.7 Å². The Morgan fingerprint density at radius 2 is 1.32 bits per heavy atom. The molecule has 0 bridgehead atoms. The van der Waals surface area contributed by atoms with E-state index in [4.69, 9.17) is 4.98 Å². The fraction of sp³-hybridized carbons (Fsp3) is 0.647. The number of hydrogen-bond donors (Lipinski definition) is 1. The highest BCUT2D eigenvalue weighted by molar-refractivity contribution is 5.86. The van der Waals surface area contributed by atoms with Crippen molar-refractivity contribution >= 4 is 22.5 Å². The molecule has 2 aromatic heterocycles. The predicted octanol–water partition coefficient (Wildman–Crippen LogP) is 9.91. The summed E-state index contributed by atoms with van der Waals surface area (Å²) in [6, 6.07) is 10.8. The summed E-state index contributed by atoms with van der Waals surface area (Å²) in [6.07, 6.45) is 26.7. The van der Waals surface area contributed by atoms with E-state index in [0.717, 1.165) is 48.1 Å². The molecule has 0 fully saturated rings. The van der Waals surface area contributed by atoms with Gasteiger partial charge in [-0.1, -0.05) is 115 Å². The molecule has 1 aromatic carbocycles. The van der Waals surface area contributed by atoms with Crippen molar-refractivity contribution in [2.45, 2.75) is 135 Å². The van der Waals surface area contributed by atoms with Crippen molar-refractivity contribution in [2.24, 2.45) is 0 Å². The smallest absolute Gasteiger partial charge is 0.157 e. The van der Waals surface area contributed by atoms with E-state index in [1.807, 2.05) is 6.07 Å². The number of fused-ring (bicyclic) bond motifs is 4. The van der Waals surface area contributed by atoms with E-state index < -0.39 is 0 Å². The van der Waals surface area contributed by atoms with E-state index in [0.29, 0.717) is 0 Å². The standard InChI is InChI=1S/C34H50N4/c1-2-3-4-5-6-7-8-9-10-11-12-13-14-15-16-21-26-36-33-29-23-18-17-22-28(29)30(27-35)34-37-31-24-19-20-25-32(31)38(33)34/h19-20,24-25,36H,2-18,21-23,26H2,1H3. The number of unbranched alkanes of at least 4 members (excludes halogenated alkanes) is 15. The Bertz CT molecular complexity index is 1170. The number of anilines is 1. The first kappa shape index (κ1) is 28.5. The number of rotatable bonds is 18. The van der Waals surface area contributed by atoms with Gasteiger partial charge in [-0.2, -0.15) is 5.26 Å². The summed E-state index contributed by atoms with van der Waals surface area (Å²) in [6.45, 7) is 3.28. The summed E-state index contributed by atoms with van der Waals surface area (Å²) in [5, 5.41) is 13.8. The van der Waals surface area contributed by atoms with Gasteiger partial charge >= 0.3 is 0 Å². The molecule has 0 aliphatic heterocycles. The van der Waals surface area contributed by atoms with Crippen molar-refractivity contribution < 1.29 is 0 Å². The molecule has 4 rings (SSSR count). The third-order valence-electron chi connectivity index (χ3n) is 8.50. The SMILES string of the molecule is CCCCCCCCCCCCCCCCCCNc1c2c(c(C#N)c3nc4ccccc4n13)CCCC2.